The van der Waals surface area contributed by atoms with Gasteiger partial charge in [0.2, 0.25) is 11.5 Å². The van der Waals surface area contributed by atoms with Gasteiger partial charge >= 0.3 is 0 Å². The van der Waals surface area contributed by atoms with Gasteiger partial charge in [0.05, 0.1) is 6.21 Å². The van der Waals surface area contributed by atoms with Gasteiger partial charge in [0.15, 0.2) is 0 Å². The summed E-state index contributed by atoms with van der Waals surface area (Å²) in [5, 5.41) is 10.4. The van der Waals surface area contributed by atoms with Gasteiger partial charge in [0, 0.05) is 0 Å². The number of carbonyl (C=O) groups is 1. The van der Waals surface area contributed by atoms with Crippen molar-refractivity contribution in [2.24, 2.45) is 5.10 Å². The monoisotopic (exact) mass is 245 g/mol. The van der Waals surface area contributed by atoms with Crippen LogP contribution in [0.3, 0.4) is 0 Å². The van der Waals surface area contributed by atoms with E-state index >= 15 is 0 Å². The maximum Gasteiger partial charge on any atom is 0.297 e. The molecule has 0 bridgehead atoms. The molecule has 0 saturated heterocycles. The predicted molar refractivity (Wildman–Crippen MR) is 64.9 cm³/mol. The number of benzene rings is 1. The van der Waals surface area contributed by atoms with Gasteiger partial charge in [-0.2, -0.15) is 5.10 Å². The second kappa shape index (κ2) is 5.09. The molecule has 1 heterocycles. The summed E-state index contributed by atoms with van der Waals surface area (Å²) in [7, 11) is 0. The Morgan fingerprint density at radius 2 is 2.11 bits per heavy atom. The lowest BCUT2D eigenvalue weighted by atomic mass is 10.2. The average Bonchev–Trinajstić information content (AvgIpc) is 2.78. The van der Waals surface area contributed by atoms with Gasteiger partial charge in [-0.25, -0.2) is 10.1 Å². The molecule has 0 radical (unpaired) electrons. The zero-order chi connectivity index (χ0) is 13.0. The van der Waals surface area contributed by atoms with Crippen LogP contribution in [0.25, 0.3) is 0 Å². The minimum absolute atomic E-state index is 0.0713. The largest absolute Gasteiger partial charge is 0.379 e. The minimum Gasteiger partial charge on any atom is -0.379 e. The molecule has 1 amide bonds. The Balaban J connectivity index is 1.98. The van der Waals surface area contributed by atoms with E-state index in [4.69, 9.17) is 5.73 Å². The molecule has 1 aromatic heterocycles. The summed E-state index contributed by atoms with van der Waals surface area (Å²) in [6.45, 7) is 1.99. The molecule has 0 unspecified atom stereocenters. The number of rotatable bonds is 3. The lowest BCUT2D eigenvalue weighted by molar-refractivity contribution is 0.0946. The van der Waals surface area contributed by atoms with Crippen molar-refractivity contribution in [2.75, 3.05) is 5.73 Å². The Bertz CT molecular complexity index is 573. The molecule has 0 aliphatic rings. The van der Waals surface area contributed by atoms with Crippen molar-refractivity contribution in [2.45, 2.75) is 6.92 Å². The SMILES string of the molecule is Cc1ccc(/C=N/NC(=O)c2nonc2N)cc1. The van der Waals surface area contributed by atoms with E-state index in [0.717, 1.165) is 11.1 Å². The van der Waals surface area contributed by atoms with Gasteiger partial charge in [0.1, 0.15) is 0 Å². The molecule has 92 valence electrons. The van der Waals surface area contributed by atoms with Crippen LogP contribution in [0, 0.1) is 6.92 Å². The molecule has 2 rings (SSSR count). The van der Waals surface area contributed by atoms with Gasteiger partial charge in [-0.3, -0.25) is 4.79 Å². The van der Waals surface area contributed by atoms with E-state index in [2.05, 4.69) is 25.5 Å². The van der Waals surface area contributed by atoms with Crippen molar-refractivity contribution in [1.82, 2.24) is 15.7 Å². The first-order valence-corrected chi connectivity index (χ1v) is 5.15. The molecule has 0 fully saturated rings. The van der Waals surface area contributed by atoms with Crippen LogP contribution in [0.1, 0.15) is 21.6 Å². The summed E-state index contributed by atoms with van der Waals surface area (Å²) in [5.74, 6) is -0.643. The van der Waals surface area contributed by atoms with E-state index in [9.17, 15) is 4.79 Å². The number of nitrogen functional groups attached to an aromatic ring is 1. The number of anilines is 1. The Morgan fingerprint density at radius 1 is 1.39 bits per heavy atom. The second-order valence-electron chi connectivity index (χ2n) is 3.61. The zero-order valence-corrected chi connectivity index (χ0v) is 9.62. The van der Waals surface area contributed by atoms with Gasteiger partial charge in [-0.15, -0.1) is 0 Å². The number of nitrogens with one attached hydrogen (secondary N) is 1. The Hall–Kier alpha value is -2.70. The van der Waals surface area contributed by atoms with Gasteiger partial charge < -0.3 is 5.73 Å². The van der Waals surface area contributed by atoms with Crippen LogP contribution < -0.4 is 11.2 Å². The summed E-state index contributed by atoms with van der Waals surface area (Å²) in [4.78, 5) is 11.5. The van der Waals surface area contributed by atoms with Gasteiger partial charge in [-0.05, 0) is 22.8 Å². The first-order chi connectivity index (χ1) is 8.66. The molecule has 3 N–H and O–H groups in total. The summed E-state index contributed by atoms with van der Waals surface area (Å²) in [6.07, 6.45) is 1.51. The molecule has 0 atom stereocenters. The summed E-state index contributed by atoms with van der Waals surface area (Å²) < 4.78 is 4.31. The molecule has 1 aromatic carbocycles. The number of hydrogen-bond acceptors (Lipinski definition) is 6. The first-order valence-electron chi connectivity index (χ1n) is 5.15. The molecule has 0 aliphatic heterocycles. The van der Waals surface area contributed by atoms with Crippen LogP contribution in [-0.2, 0) is 0 Å². The fourth-order valence-corrected chi connectivity index (χ4v) is 1.22. The predicted octanol–water partition coefficient (Wildman–Crippen LogP) is 0.724. The minimum atomic E-state index is -0.572. The lowest BCUT2D eigenvalue weighted by Crippen LogP contribution is -2.19. The summed E-state index contributed by atoms with van der Waals surface area (Å²) in [6, 6.07) is 7.67. The normalized spacial score (nSPS) is 10.7. The second-order valence-corrected chi connectivity index (χ2v) is 3.61. The zero-order valence-electron chi connectivity index (χ0n) is 9.62. The van der Waals surface area contributed by atoms with Crippen LogP contribution in [0.2, 0.25) is 0 Å². The molecule has 7 nitrogen and oxygen atoms in total. The van der Waals surface area contributed by atoms with Crippen molar-refractivity contribution >= 4 is 17.9 Å². The third-order valence-electron chi connectivity index (χ3n) is 2.19. The van der Waals surface area contributed by atoms with Crippen LogP contribution in [0.4, 0.5) is 5.82 Å². The number of aromatic nitrogens is 2. The Kier molecular flexibility index (Phi) is 3.33. The molecule has 2 aromatic rings. The van der Waals surface area contributed by atoms with Gasteiger partial charge in [0.25, 0.3) is 5.91 Å². The highest BCUT2D eigenvalue weighted by Crippen LogP contribution is 2.03. The summed E-state index contributed by atoms with van der Waals surface area (Å²) >= 11 is 0. The fourth-order valence-electron chi connectivity index (χ4n) is 1.22. The van der Waals surface area contributed by atoms with Crippen LogP contribution in [0.15, 0.2) is 34.0 Å². The maximum absolute atomic E-state index is 11.5. The van der Waals surface area contributed by atoms with E-state index in [0.29, 0.717) is 0 Å². The van der Waals surface area contributed by atoms with Crippen LogP contribution in [0.5, 0.6) is 0 Å². The topological polar surface area (TPSA) is 106 Å². The Labute approximate surface area is 103 Å². The maximum atomic E-state index is 11.5. The van der Waals surface area contributed by atoms with Gasteiger partial charge in [-0.1, -0.05) is 29.8 Å². The molecular weight excluding hydrogens is 234 g/mol. The first kappa shape index (κ1) is 11.8. The quantitative estimate of drug-likeness (QED) is 0.612. The molecule has 0 aliphatic carbocycles. The fraction of sp³-hybridized carbons (Fsp3) is 0.0909. The lowest BCUT2D eigenvalue weighted by Gasteiger charge is -1.96. The van der Waals surface area contributed by atoms with E-state index in [1.807, 2.05) is 31.2 Å². The van der Waals surface area contributed by atoms with Crippen molar-refractivity contribution in [1.29, 1.82) is 0 Å². The molecule has 7 heteroatoms. The summed E-state index contributed by atoms with van der Waals surface area (Å²) in [5.41, 5.74) is 9.57. The number of nitrogens with two attached hydrogens (primary N) is 1. The number of carbonyl (C=O) groups excluding carboxylic acids is 1. The van der Waals surface area contributed by atoms with Crippen molar-refractivity contribution in [3.8, 4) is 0 Å². The van der Waals surface area contributed by atoms with E-state index in [1.54, 1.807) is 0 Å². The molecule has 0 saturated carbocycles. The van der Waals surface area contributed by atoms with E-state index in [-0.39, 0.29) is 11.5 Å². The highest BCUT2D eigenvalue weighted by molar-refractivity contribution is 5.96. The van der Waals surface area contributed by atoms with Crippen LogP contribution >= 0.6 is 0 Å². The Morgan fingerprint density at radius 3 is 2.72 bits per heavy atom. The highest BCUT2D eigenvalue weighted by Gasteiger charge is 2.14. The standard InChI is InChI=1S/C11H11N5O2/c1-7-2-4-8(5-3-7)6-13-14-11(17)9-10(12)16-18-15-9/h2-6H,1H3,(H2,12,16)(H,14,17)/b13-6+. The molecular formula is C11H11N5O2. The number of amides is 1. The number of hydrazone groups is 1. The smallest absolute Gasteiger partial charge is 0.297 e. The van der Waals surface area contributed by atoms with Crippen molar-refractivity contribution < 1.29 is 9.42 Å². The highest BCUT2D eigenvalue weighted by atomic mass is 16.6. The third-order valence-corrected chi connectivity index (χ3v) is 2.19. The van der Waals surface area contributed by atoms with E-state index < -0.39 is 5.91 Å². The van der Waals surface area contributed by atoms with Crippen molar-refractivity contribution in [3.05, 3.63) is 41.1 Å². The molecule has 0 spiro atoms. The molecule has 18 heavy (non-hydrogen) atoms. The third kappa shape index (κ3) is 2.70. The van der Waals surface area contributed by atoms with Crippen molar-refractivity contribution in [3.63, 3.8) is 0 Å². The van der Waals surface area contributed by atoms with E-state index in [1.165, 1.54) is 6.21 Å². The van der Waals surface area contributed by atoms with Crippen LogP contribution in [-0.4, -0.2) is 22.4 Å². The number of aryl methyl sites for hydroxylation is 1. The number of nitrogens with zero attached hydrogens (tertiary/aromatic N) is 3. The average molecular weight is 245 g/mol. The number of hydrogen-bond donors (Lipinski definition) is 2.